The second-order valence-electron chi connectivity index (χ2n) is 7.54. The van der Waals surface area contributed by atoms with E-state index in [0.717, 1.165) is 32.2 Å². The van der Waals surface area contributed by atoms with Gasteiger partial charge in [0, 0.05) is 34.4 Å². The first kappa shape index (κ1) is 20.2. The van der Waals surface area contributed by atoms with Crippen molar-refractivity contribution in [3.63, 3.8) is 0 Å². The first-order valence-corrected chi connectivity index (χ1v) is 10.7. The summed E-state index contributed by atoms with van der Waals surface area (Å²) in [5.74, 6) is 0.333. The van der Waals surface area contributed by atoms with E-state index < -0.39 is 0 Å². The fourth-order valence-electron chi connectivity index (χ4n) is 3.35. The molecule has 1 amide bonds. The molecule has 0 fully saturated rings. The van der Waals surface area contributed by atoms with E-state index in [-0.39, 0.29) is 5.91 Å². The van der Waals surface area contributed by atoms with Crippen LogP contribution in [0.4, 0.5) is 0 Å². The van der Waals surface area contributed by atoms with E-state index in [2.05, 4.69) is 64.3 Å². The summed E-state index contributed by atoms with van der Waals surface area (Å²) in [6, 6.07) is 19.9. The van der Waals surface area contributed by atoms with Crippen LogP contribution in [0.5, 0.6) is 0 Å². The highest BCUT2D eigenvalue weighted by atomic mass is 79.9. The Morgan fingerprint density at radius 2 is 1.87 bits per heavy atom. The highest BCUT2D eigenvalue weighted by Crippen LogP contribution is 2.28. The second kappa shape index (κ2) is 8.76. The summed E-state index contributed by atoms with van der Waals surface area (Å²) >= 11 is 3.51. The molecule has 1 N–H and O–H groups in total. The lowest BCUT2D eigenvalue weighted by Gasteiger charge is -2.12. The van der Waals surface area contributed by atoms with Gasteiger partial charge in [0.05, 0.1) is 16.8 Å². The molecule has 150 valence electrons. The molecule has 0 atom stereocenters. The zero-order valence-electron chi connectivity index (χ0n) is 16.9. The summed E-state index contributed by atoms with van der Waals surface area (Å²) in [4.78, 5) is 22.0. The molecule has 0 unspecified atom stereocenters. The summed E-state index contributed by atoms with van der Waals surface area (Å²) in [5.41, 5.74) is 5.40. The SMILES string of the molecule is CC(C)c1ccc(-c2cc(C(=O)NCc3cccnc3)c3cc(Br)ccc3n2)cc1. The number of carbonyl (C=O) groups excluding carboxylic acids is 1. The Balaban J connectivity index is 1.73. The van der Waals surface area contributed by atoms with E-state index in [1.807, 2.05) is 36.4 Å². The molecule has 30 heavy (non-hydrogen) atoms. The van der Waals surface area contributed by atoms with Gasteiger partial charge in [-0.25, -0.2) is 4.98 Å². The number of hydrogen-bond acceptors (Lipinski definition) is 3. The van der Waals surface area contributed by atoms with Crippen LogP contribution in [0.1, 0.15) is 41.3 Å². The van der Waals surface area contributed by atoms with Crippen molar-refractivity contribution in [1.82, 2.24) is 15.3 Å². The third kappa shape index (κ3) is 4.41. The lowest BCUT2D eigenvalue weighted by molar-refractivity contribution is 0.0952. The normalized spacial score (nSPS) is 11.1. The highest BCUT2D eigenvalue weighted by Gasteiger charge is 2.15. The quantitative estimate of drug-likeness (QED) is 0.391. The number of benzene rings is 2. The Bertz CT molecular complexity index is 1190. The van der Waals surface area contributed by atoms with E-state index in [4.69, 9.17) is 4.98 Å². The molecule has 0 aliphatic rings. The van der Waals surface area contributed by atoms with Crippen molar-refractivity contribution in [1.29, 1.82) is 0 Å². The number of halogens is 1. The maximum absolute atomic E-state index is 13.1. The summed E-state index contributed by atoms with van der Waals surface area (Å²) in [5, 5.41) is 3.82. The molecule has 0 aliphatic carbocycles. The standard InChI is InChI=1S/C25H22BrN3O/c1-16(2)18-5-7-19(8-6-18)24-13-22(21-12-20(26)9-10-23(21)29-24)25(30)28-15-17-4-3-11-27-14-17/h3-14,16H,15H2,1-2H3,(H,28,30). The van der Waals surface area contributed by atoms with Gasteiger partial charge >= 0.3 is 0 Å². The lowest BCUT2D eigenvalue weighted by atomic mass is 9.99. The molecule has 0 spiro atoms. The number of nitrogens with one attached hydrogen (secondary N) is 1. The Morgan fingerprint density at radius 1 is 1.07 bits per heavy atom. The second-order valence-corrected chi connectivity index (χ2v) is 8.45. The van der Waals surface area contributed by atoms with Crippen molar-refractivity contribution in [3.8, 4) is 11.3 Å². The summed E-state index contributed by atoms with van der Waals surface area (Å²) in [7, 11) is 0. The average molecular weight is 460 g/mol. The van der Waals surface area contributed by atoms with Crippen molar-refractivity contribution in [2.45, 2.75) is 26.3 Å². The van der Waals surface area contributed by atoms with Crippen molar-refractivity contribution in [3.05, 3.63) is 94.2 Å². The molecule has 0 saturated carbocycles. The maximum Gasteiger partial charge on any atom is 0.252 e. The number of rotatable bonds is 5. The highest BCUT2D eigenvalue weighted by molar-refractivity contribution is 9.10. The smallest absolute Gasteiger partial charge is 0.252 e. The van der Waals surface area contributed by atoms with Gasteiger partial charge in [-0.05, 0) is 47.4 Å². The van der Waals surface area contributed by atoms with Crippen LogP contribution in [-0.4, -0.2) is 15.9 Å². The fourth-order valence-corrected chi connectivity index (χ4v) is 3.71. The molecule has 0 bridgehead atoms. The number of carbonyl (C=O) groups is 1. The molecule has 4 nitrogen and oxygen atoms in total. The Labute approximate surface area is 184 Å². The molecule has 0 aliphatic heterocycles. The third-order valence-electron chi connectivity index (χ3n) is 5.06. The minimum Gasteiger partial charge on any atom is -0.348 e. The average Bonchev–Trinajstić information content (AvgIpc) is 2.77. The van der Waals surface area contributed by atoms with Crippen LogP contribution < -0.4 is 5.32 Å². The number of aromatic nitrogens is 2. The molecule has 2 aromatic carbocycles. The molecular formula is C25H22BrN3O. The van der Waals surface area contributed by atoms with Gasteiger partial charge in [0.15, 0.2) is 0 Å². The first-order chi connectivity index (χ1) is 14.5. The van der Waals surface area contributed by atoms with Gasteiger partial charge < -0.3 is 5.32 Å². The monoisotopic (exact) mass is 459 g/mol. The number of nitrogens with zero attached hydrogens (tertiary/aromatic N) is 2. The maximum atomic E-state index is 13.1. The van der Waals surface area contributed by atoms with E-state index in [9.17, 15) is 4.79 Å². The van der Waals surface area contributed by atoms with Gasteiger partial charge in [0.25, 0.3) is 5.91 Å². The molecular weight excluding hydrogens is 438 g/mol. The van der Waals surface area contributed by atoms with Gasteiger partial charge in [-0.2, -0.15) is 0 Å². The van der Waals surface area contributed by atoms with Gasteiger partial charge in [0.2, 0.25) is 0 Å². The van der Waals surface area contributed by atoms with E-state index in [1.54, 1.807) is 12.4 Å². The predicted octanol–water partition coefficient (Wildman–Crippen LogP) is 6.11. The van der Waals surface area contributed by atoms with Gasteiger partial charge in [-0.1, -0.05) is 60.1 Å². The van der Waals surface area contributed by atoms with E-state index >= 15 is 0 Å². The first-order valence-electron chi connectivity index (χ1n) is 9.89. The minimum atomic E-state index is -0.135. The third-order valence-corrected chi connectivity index (χ3v) is 5.56. The Morgan fingerprint density at radius 3 is 2.57 bits per heavy atom. The van der Waals surface area contributed by atoms with Gasteiger partial charge in [-0.3, -0.25) is 9.78 Å². The predicted molar refractivity (Wildman–Crippen MR) is 124 cm³/mol. The van der Waals surface area contributed by atoms with Crippen LogP contribution in [0.25, 0.3) is 22.2 Å². The van der Waals surface area contributed by atoms with Crippen LogP contribution in [0.3, 0.4) is 0 Å². The van der Waals surface area contributed by atoms with Gasteiger partial charge in [-0.15, -0.1) is 0 Å². The van der Waals surface area contributed by atoms with Crippen molar-refractivity contribution >= 4 is 32.7 Å². The van der Waals surface area contributed by atoms with E-state index in [1.165, 1.54) is 5.56 Å². The zero-order chi connectivity index (χ0) is 21.1. The summed E-state index contributed by atoms with van der Waals surface area (Å²) in [6.45, 7) is 4.76. The largest absolute Gasteiger partial charge is 0.348 e. The van der Waals surface area contributed by atoms with Crippen LogP contribution in [0.2, 0.25) is 0 Å². The minimum absolute atomic E-state index is 0.135. The Kier molecular flexibility index (Phi) is 5.91. The molecule has 2 heterocycles. The topological polar surface area (TPSA) is 54.9 Å². The molecule has 2 aromatic heterocycles. The fraction of sp³-hybridized carbons (Fsp3) is 0.160. The number of amides is 1. The van der Waals surface area contributed by atoms with Crippen LogP contribution in [0, 0.1) is 0 Å². The Hall–Kier alpha value is -3.05. The number of hydrogen-bond donors (Lipinski definition) is 1. The lowest BCUT2D eigenvalue weighted by Crippen LogP contribution is -2.23. The van der Waals surface area contributed by atoms with Crippen molar-refractivity contribution < 1.29 is 4.79 Å². The molecule has 0 radical (unpaired) electrons. The van der Waals surface area contributed by atoms with Crippen LogP contribution in [0.15, 0.2) is 77.5 Å². The summed E-state index contributed by atoms with van der Waals surface area (Å²) in [6.07, 6.45) is 3.47. The molecule has 4 rings (SSSR count). The van der Waals surface area contributed by atoms with Crippen molar-refractivity contribution in [2.24, 2.45) is 0 Å². The van der Waals surface area contributed by atoms with Gasteiger partial charge in [0.1, 0.15) is 0 Å². The summed E-state index contributed by atoms with van der Waals surface area (Å²) < 4.78 is 0.909. The van der Waals surface area contributed by atoms with E-state index in [0.29, 0.717) is 18.0 Å². The zero-order valence-corrected chi connectivity index (χ0v) is 18.5. The van der Waals surface area contributed by atoms with Crippen LogP contribution in [-0.2, 0) is 6.54 Å². The van der Waals surface area contributed by atoms with Crippen molar-refractivity contribution in [2.75, 3.05) is 0 Å². The molecule has 5 heteroatoms. The number of fused-ring (bicyclic) bond motifs is 1. The molecule has 4 aromatic rings. The number of pyridine rings is 2. The molecule has 0 saturated heterocycles. The van der Waals surface area contributed by atoms with Crippen LogP contribution >= 0.6 is 15.9 Å².